The van der Waals surface area contributed by atoms with E-state index in [-0.39, 0.29) is 23.5 Å². The van der Waals surface area contributed by atoms with Crippen LogP contribution in [0.5, 0.6) is 5.75 Å². The van der Waals surface area contributed by atoms with Gasteiger partial charge < -0.3 is 10.1 Å². The number of benzene rings is 3. The number of hydrogen-bond acceptors (Lipinski definition) is 4. The molecule has 5 nitrogen and oxygen atoms in total. The second-order valence-electron chi connectivity index (χ2n) is 9.73. The largest absolute Gasteiger partial charge is 0.478 e. The van der Waals surface area contributed by atoms with E-state index in [4.69, 9.17) is 27.9 Å². The van der Waals surface area contributed by atoms with Crippen molar-refractivity contribution in [3.05, 3.63) is 99.3 Å². The summed E-state index contributed by atoms with van der Waals surface area (Å²) in [5.74, 6) is -0.164. The predicted octanol–water partition coefficient (Wildman–Crippen LogP) is 6.30. The van der Waals surface area contributed by atoms with Gasteiger partial charge in [0.15, 0.2) is 11.4 Å². The highest BCUT2D eigenvalue weighted by Gasteiger charge is 2.32. The number of nitrogens with one attached hydrogen (secondary N) is 1. The summed E-state index contributed by atoms with van der Waals surface area (Å²) < 4.78 is 19.3. The molecule has 8 heteroatoms. The van der Waals surface area contributed by atoms with Crippen LogP contribution in [0.15, 0.2) is 66.7 Å². The fraction of sp³-hybridized carbons (Fsp3) is 0.310. The van der Waals surface area contributed by atoms with E-state index in [1.807, 2.05) is 0 Å². The fourth-order valence-corrected chi connectivity index (χ4v) is 4.62. The van der Waals surface area contributed by atoms with Crippen molar-refractivity contribution in [3.63, 3.8) is 0 Å². The van der Waals surface area contributed by atoms with Crippen LogP contribution in [-0.4, -0.2) is 41.3 Å². The SMILES string of the molecule is CC(C)(Oc1ccc(C(=O)c2ccc(Cl)cc2)cc1)C(=O)NC1CCN(Cc2ccc(F)cc2Cl)CC1. The summed E-state index contributed by atoms with van der Waals surface area (Å²) in [5, 5.41) is 4.11. The lowest BCUT2D eigenvalue weighted by molar-refractivity contribution is -0.135. The Balaban J connectivity index is 1.28. The molecule has 0 atom stereocenters. The lowest BCUT2D eigenvalue weighted by Crippen LogP contribution is -2.52. The molecular formula is C29H29Cl2FN2O3. The number of likely N-dealkylation sites (tertiary alicyclic amines) is 1. The van der Waals surface area contributed by atoms with Gasteiger partial charge in [-0.2, -0.15) is 0 Å². The molecule has 4 rings (SSSR count). The first-order valence-electron chi connectivity index (χ1n) is 12.2. The van der Waals surface area contributed by atoms with Crippen LogP contribution in [0, 0.1) is 5.82 Å². The molecule has 0 aliphatic carbocycles. The number of piperidine rings is 1. The standard InChI is InChI=1S/C29H29Cl2FN2O3/c1-29(2,37-25-11-6-20(7-12-25)27(35)19-3-8-22(30)9-4-19)28(36)33-24-13-15-34(16-14-24)18-21-5-10-23(32)17-26(21)31/h3-12,17,24H,13-16,18H2,1-2H3,(H,33,36). The van der Waals surface area contributed by atoms with E-state index in [9.17, 15) is 14.0 Å². The Hall–Kier alpha value is -2.93. The molecule has 1 saturated heterocycles. The first-order chi connectivity index (χ1) is 17.6. The third-order valence-electron chi connectivity index (χ3n) is 6.47. The number of rotatable bonds is 8. The van der Waals surface area contributed by atoms with Gasteiger partial charge in [-0.25, -0.2) is 4.39 Å². The summed E-state index contributed by atoms with van der Waals surface area (Å²) in [7, 11) is 0. The zero-order chi connectivity index (χ0) is 26.6. The molecule has 0 unspecified atom stereocenters. The molecule has 1 heterocycles. The maximum Gasteiger partial charge on any atom is 0.263 e. The fourth-order valence-electron chi connectivity index (χ4n) is 4.27. The summed E-state index contributed by atoms with van der Waals surface area (Å²) in [4.78, 5) is 27.9. The Morgan fingerprint density at radius 3 is 2.16 bits per heavy atom. The van der Waals surface area contributed by atoms with Crippen LogP contribution in [0.25, 0.3) is 0 Å². The van der Waals surface area contributed by atoms with Gasteiger partial charge in [0.25, 0.3) is 5.91 Å². The Morgan fingerprint density at radius 2 is 1.57 bits per heavy atom. The Kier molecular flexibility index (Phi) is 8.53. The van der Waals surface area contributed by atoms with Crippen LogP contribution >= 0.6 is 23.2 Å². The first kappa shape index (κ1) is 27.1. The number of amides is 1. The van der Waals surface area contributed by atoms with E-state index < -0.39 is 5.60 Å². The van der Waals surface area contributed by atoms with E-state index >= 15 is 0 Å². The molecule has 0 spiro atoms. The molecule has 1 aliphatic heterocycles. The lowest BCUT2D eigenvalue weighted by Gasteiger charge is -2.34. The van der Waals surface area contributed by atoms with Gasteiger partial charge in [-0.05, 0) is 92.9 Å². The Labute approximate surface area is 226 Å². The van der Waals surface area contributed by atoms with Crippen molar-refractivity contribution in [1.29, 1.82) is 0 Å². The van der Waals surface area contributed by atoms with E-state index in [1.54, 1.807) is 68.4 Å². The third kappa shape index (κ3) is 7.10. The Morgan fingerprint density at radius 1 is 0.973 bits per heavy atom. The number of hydrogen-bond donors (Lipinski definition) is 1. The highest BCUT2D eigenvalue weighted by Crippen LogP contribution is 2.24. The van der Waals surface area contributed by atoms with Crippen molar-refractivity contribution in [1.82, 2.24) is 10.2 Å². The maximum absolute atomic E-state index is 13.3. The molecule has 0 bridgehead atoms. The summed E-state index contributed by atoms with van der Waals surface area (Å²) in [5.41, 5.74) is 0.858. The van der Waals surface area contributed by atoms with Crippen molar-refractivity contribution >= 4 is 34.9 Å². The molecule has 3 aromatic carbocycles. The molecule has 1 N–H and O–H groups in total. The van der Waals surface area contributed by atoms with Crippen LogP contribution in [0.2, 0.25) is 10.0 Å². The van der Waals surface area contributed by atoms with Crippen LogP contribution in [0.4, 0.5) is 4.39 Å². The minimum absolute atomic E-state index is 0.0367. The minimum atomic E-state index is -1.10. The van der Waals surface area contributed by atoms with Crippen molar-refractivity contribution in [2.75, 3.05) is 13.1 Å². The number of carbonyl (C=O) groups is 2. The van der Waals surface area contributed by atoms with Crippen molar-refractivity contribution in [2.24, 2.45) is 0 Å². The van der Waals surface area contributed by atoms with Gasteiger partial charge in [-0.15, -0.1) is 0 Å². The number of ether oxygens (including phenoxy) is 1. The molecule has 3 aromatic rings. The molecular weight excluding hydrogens is 514 g/mol. The van der Waals surface area contributed by atoms with Crippen molar-refractivity contribution in [2.45, 2.75) is 44.9 Å². The Bertz CT molecular complexity index is 1260. The van der Waals surface area contributed by atoms with Gasteiger partial charge >= 0.3 is 0 Å². The van der Waals surface area contributed by atoms with Crippen molar-refractivity contribution < 1.29 is 18.7 Å². The van der Waals surface area contributed by atoms with E-state index in [0.29, 0.717) is 33.5 Å². The van der Waals surface area contributed by atoms with Gasteiger partial charge in [0.05, 0.1) is 0 Å². The maximum atomic E-state index is 13.3. The third-order valence-corrected chi connectivity index (χ3v) is 7.08. The summed E-state index contributed by atoms with van der Waals surface area (Å²) in [6.07, 6.45) is 1.59. The van der Waals surface area contributed by atoms with E-state index in [1.165, 1.54) is 12.1 Å². The van der Waals surface area contributed by atoms with Gasteiger partial charge in [0, 0.05) is 46.8 Å². The average molecular weight is 543 g/mol. The zero-order valence-electron chi connectivity index (χ0n) is 20.8. The molecule has 0 radical (unpaired) electrons. The van der Waals surface area contributed by atoms with Crippen LogP contribution in [-0.2, 0) is 11.3 Å². The molecule has 1 aliphatic rings. The second-order valence-corrected chi connectivity index (χ2v) is 10.6. The normalized spacial score (nSPS) is 14.8. The van der Waals surface area contributed by atoms with Gasteiger partial charge in [-0.1, -0.05) is 29.3 Å². The predicted molar refractivity (Wildman–Crippen MR) is 144 cm³/mol. The van der Waals surface area contributed by atoms with Gasteiger partial charge in [-0.3, -0.25) is 14.5 Å². The van der Waals surface area contributed by atoms with Crippen molar-refractivity contribution in [3.8, 4) is 5.75 Å². The highest BCUT2D eigenvalue weighted by molar-refractivity contribution is 6.31. The quantitative estimate of drug-likeness (QED) is 0.339. The highest BCUT2D eigenvalue weighted by atomic mass is 35.5. The molecule has 194 valence electrons. The zero-order valence-corrected chi connectivity index (χ0v) is 22.3. The first-order valence-corrected chi connectivity index (χ1v) is 12.9. The summed E-state index contributed by atoms with van der Waals surface area (Å²) >= 11 is 12.1. The van der Waals surface area contributed by atoms with E-state index in [2.05, 4.69) is 10.2 Å². The second kappa shape index (κ2) is 11.6. The van der Waals surface area contributed by atoms with Crippen LogP contribution < -0.4 is 10.1 Å². The summed E-state index contributed by atoms with van der Waals surface area (Å²) in [6, 6.07) is 18.0. The molecule has 0 saturated carbocycles. The monoisotopic (exact) mass is 542 g/mol. The van der Waals surface area contributed by atoms with E-state index in [0.717, 1.165) is 31.5 Å². The number of halogens is 3. The van der Waals surface area contributed by atoms with Crippen LogP contribution in [0.1, 0.15) is 48.2 Å². The van der Waals surface area contributed by atoms with Gasteiger partial charge in [0.1, 0.15) is 11.6 Å². The lowest BCUT2D eigenvalue weighted by atomic mass is 10.0. The number of nitrogens with zero attached hydrogens (tertiary/aromatic N) is 1. The van der Waals surface area contributed by atoms with Gasteiger partial charge in [0.2, 0.25) is 0 Å². The summed E-state index contributed by atoms with van der Waals surface area (Å²) in [6.45, 7) is 5.68. The average Bonchev–Trinajstić information content (AvgIpc) is 2.87. The number of ketones is 1. The molecule has 37 heavy (non-hydrogen) atoms. The van der Waals surface area contributed by atoms with Crippen LogP contribution in [0.3, 0.4) is 0 Å². The topological polar surface area (TPSA) is 58.6 Å². The smallest absolute Gasteiger partial charge is 0.263 e. The minimum Gasteiger partial charge on any atom is -0.478 e. The number of carbonyl (C=O) groups excluding carboxylic acids is 2. The molecule has 1 fully saturated rings. The molecule has 1 amide bonds. The molecule has 0 aromatic heterocycles.